The van der Waals surface area contributed by atoms with Crippen LogP contribution in [0, 0.1) is 6.92 Å². The van der Waals surface area contributed by atoms with E-state index >= 15 is 4.39 Å². The summed E-state index contributed by atoms with van der Waals surface area (Å²) in [6.45, 7) is 7.05. The second-order valence-corrected chi connectivity index (χ2v) is 11.8. The number of anilines is 1. The Morgan fingerprint density at radius 1 is 1.33 bits per heavy atom. The summed E-state index contributed by atoms with van der Waals surface area (Å²) in [7, 11) is -2.75. The van der Waals surface area contributed by atoms with Crippen molar-refractivity contribution in [2.45, 2.75) is 64.3 Å². The van der Waals surface area contributed by atoms with E-state index in [2.05, 4.69) is 25.4 Å². The van der Waals surface area contributed by atoms with Gasteiger partial charge in [0.15, 0.2) is 28.9 Å². The smallest absolute Gasteiger partial charge is 0.323 e. The van der Waals surface area contributed by atoms with Crippen LogP contribution >= 0.6 is 7.52 Å². The lowest BCUT2D eigenvalue weighted by molar-refractivity contribution is -0.142. The SMILES string of the molecule is CCCNc1nc(C)nc2c1ncn2[C@@H]1O[C@H](CP(=O)(N[C@@H](C)C(=O)OC)Oc2ccccc2)[C@@H](O)[C@@]1(C)F. The van der Waals surface area contributed by atoms with Crippen molar-refractivity contribution in [3.05, 3.63) is 42.5 Å². The van der Waals surface area contributed by atoms with Crippen LogP contribution < -0.4 is 14.9 Å². The molecule has 6 atom stereocenters. The van der Waals surface area contributed by atoms with Crippen molar-refractivity contribution in [3.8, 4) is 5.75 Å². The number of nitrogens with zero attached hydrogens (tertiary/aromatic N) is 4. The molecule has 12 nitrogen and oxygen atoms in total. The van der Waals surface area contributed by atoms with Gasteiger partial charge in [0.05, 0.1) is 19.6 Å². The number of alkyl halides is 1. The van der Waals surface area contributed by atoms with Gasteiger partial charge in [0.2, 0.25) is 0 Å². The van der Waals surface area contributed by atoms with Gasteiger partial charge in [0.1, 0.15) is 29.8 Å². The Hall–Kier alpha value is -3.12. The Bertz CT molecular complexity index is 1360. The first-order valence-corrected chi connectivity index (χ1v) is 14.5. The highest BCUT2D eigenvalue weighted by atomic mass is 31.2. The third-order valence-electron chi connectivity index (χ3n) is 6.41. The van der Waals surface area contributed by atoms with Gasteiger partial charge in [-0.2, -0.15) is 0 Å². The minimum absolute atomic E-state index is 0.261. The van der Waals surface area contributed by atoms with Gasteiger partial charge >= 0.3 is 13.5 Å². The average Bonchev–Trinajstić information content (AvgIpc) is 3.40. The number of aromatic nitrogens is 4. The van der Waals surface area contributed by atoms with E-state index in [-0.39, 0.29) is 5.75 Å². The standard InChI is InChI=1S/C25H34FN6O6P/c1-6-12-27-21-19-22(30-16(3)29-21)32(14-28-19)24-25(4,26)20(33)18(37-24)13-39(35,31-15(2)23(34)36-5)38-17-10-8-7-9-11-17/h7-11,14-15,18,20,24,33H,6,12-13H2,1-5H3,(H,31,35)(H,27,29,30)/t15-,18+,20+,24+,25+,39?/m0/s1. The highest BCUT2D eigenvalue weighted by Crippen LogP contribution is 2.50. The first-order valence-electron chi connectivity index (χ1n) is 12.7. The summed E-state index contributed by atoms with van der Waals surface area (Å²) in [5.74, 6) is 0.550. The summed E-state index contributed by atoms with van der Waals surface area (Å²) in [5, 5.41) is 16.9. The third kappa shape index (κ3) is 6.06. The van der Waals surface area contributed by atoms with Crippen molar-refractivity contribution >= 4 is 30.5 Å². The summed E-state index contributed by atoms with van der Waals surface area (Å²) >= 11 is 0. The predicted molar refractivity (Wildman–Crippen MR) is 142 cm³/mol. The van der Waals surface area contributed by atoms with E-state index in [1.54, 1.807) is 37.3 Å². The maximum Gasteiger partial charge on any atom is 0.323 e. The van der Waals surface area contributed by atoms with Gasteiger partial charge in [-0.05, 0) is 39.3 Å². The molecule has 0 radical (unpaired) electrons. The van der Waals surface area contributed by atoms with E-state index in [9.17, 15) is 14.5 Å². The minimum Gasteiger partial charge on any atom is -0.468 e. The molecule has 1 aliphatic rings. The lowest BCUT2D eigenvalue weighted by Crippen LogP contribution is -2.42. The van der Waals surface area contributed by atoms with Crippen LogP contribution in [0.2, 0.25) is 0 Å². The monoisotopic (exact) mass is 564 g/mol. The number of ether oxygens (including phenoxy) is 2. The number of hydrogen-bond acceptors (Lipinski definition) is 10. The Kier molecular flexibility index (Phi) is 8.55. The molecule has 1 fully saturated rings. The van der Waals surface area contributed by atoms with Gasteiger partial charge in [-0.15, -0.1) is 0 Å². The highest BCUT2D eigenvalue weighted by Gasteiger charge is 2.57. The maximum absolute atomic E-state index is 16.2. The zero-order valence-electron chi connectivity index (χ0n) is 22.5. The zero-order chi connectivity index (χ0) is 28.4. The Morgan fingerprint density at radius 2 is 2.05 bits per heavy atom. The van der Waals surface area contributed by atoms with Crippen molar-refractivity contribution in [1.29, 1.82) is 0 Å². The summed E-state index contributed by atoms with van der Waals surface area (Å²) in [6, 6.07) is 7.31. The molecule has 14 heteroatoms. The topological polar surface area (TPSA) is 150 Å². The summed E-state index contributed by atoms with van der Waals surface area (Å²) in [4.78, 5) is 25.3. The molecule has 1 saturated heterocycles. The number of nitrogens with one attached hydrogen (secondary N) is 2. The maximum atomic E-state index is 16.2. The third-order valence-corrected chi connectivity index (χ3v) is 8.53. The van der Waals surface area contributed by atoms with Gasteiger partial charge in [-0.1, -0.05) is 25.1 Å². The number of benzene rings is 1. The number of imidazole rings is 1. The summed E-state index contributed by atoms with van der Waals surface area (Å²) < 4.78 is 48.1. The summed E-state index contributed by atoms with van der Waals surface area (Å²) in [5.41, 5.74) is -1.57. The molecule has 3 aromatic rings. The Morgan fingerprint density at radius 3 is 2.72 bits per heavy atom. The number of methoxy groups -OCH3 is 1. The van der Waals surface area contributed by atoms with Crippen molar-refractivity contribution in [2.24, 2.45) is 0 Å². The number of carbonyl (C=O) groups excluding carboxylic acids is 1. The first-order chi connectivity index (χ1) is 18.5. The molecular weight excluding hydrogens is 530 g/mol. The number of para-hydroxylation sites is 1. The molecule has 0 amide bonds. The van der Waals surface area contributed by atoms with Gasteiger partial charge in [0.25, 0.3) is 0 Å². The molecule has 0 saturated carbocycles. The van der Waals surface area contributed by atoms with Gasteiger partial charge in [-0.25, -0.2) is 24.4 Å². The largest absolute Gasteiger partial charge is 0.468 e. The van der Waals surface area contributed by atoms with Crippen LogP contribution in [0.1, 0.15) is 39.2 Å². The van der Waals surface area contributed by atoms with Crippen LogP contribution in [0.25, 0.3) is 11.2 Å². The van der Waals surface area contributed by atoms with Crippen LogP contribution in [-0.4, -0.2) is 74.3 Å². The van der Waals surface area contributed by atoms with Crippen molar-refractivity contribution in [2.75, 3.05) is 25.1 Å². The van der Waals surface area contributed by atoms with E-state index < -0.39 is 49.8 Å². The molecule has 3 heterocycles. The van der Waals surface area contributed by atoms with Crippen LogP contribution in [0.3, 0.4) is 0 Å². The highest BCUT2D eigenvalue weighted by molar-refractivity contribution is 7.57. The van der Waals surface area contributed by atoms with Crippen LogP contribution in [0.5, 0.6) is 5.75 Å². The normalized spacial score (nSPS) is 25.3. The van der Waals surface area contributed by atoms with E-state index in [0.717, 1.165) is 6.42 Å². The molecule has 39 heavy (non-hydrogen) atoms. The fourth-order valence-corrected chi connectivity index (χ4v) is 6.61. The van der Waals surface area contributed by atoms with Gasteiger partial charge in [0, 0.05) is 6.54 Å². The quantitative estimate of drug-likeness (QED) is 0.232. The molecule has 2 aromatic heterocycles. The molecule has 1 aromatic carbocycles. The number of hydrogen-bond donors (Lipinski definition) is 3. The molecule has 1 aliphatic heterocycles. The lowest BCUT2D eigenvalue weighted by atomic mass is 9.99. The number of esters is 1. The second-order valence-electron chi connectivity index (χ2n) is 9.63. The Balaban J connectivity index is 1.65. The summed E-state index contributed by atoms with van der Waals surface area (Å²) in [6.07, 6.45) is -2.51. The van der Waals surface area contributed by atoms with Crippen molar-refractivity contribution < 1.29 is 32.9 Å². The number of halogens is 1. The van der Waals surface area contributed by atoms with E-state index in [0.29, 0.717) is 29.4 Å². The molecule has 0 aliphatic carbocycles. The molecule has 212 valence electrons. The molecule has 0 spiro atoms. The van der Waals surface area contributed by atoms with E-state index in [4.69, 9.17) is 14.0 Å². The Labute approximate surface area is 225 Å². The predicted octanol–water partition coefficient (Wildman–Crippen LogP) is 3.37. The zero-order valence-corrected chi connectivity index (χ0v) is 23.4. The first kappa shape index (κ1) is 28.9. The number of rotatable bonds is 11. The number of carbonyl (C=O) groups is 1. The second kappa shape index (κ2) is 11.5. The van der Waals surface area contributed by atoms with Crippen molar-refractivity contribution in [3.63, 3.8) is 0 Å². The fourth-order valence-electron chi connectivity index (χ4n) is 4.46. The molecule has 0 bridgehead atoms. The number of aryl methyl sites for hydroxylation is 1. The van der Waals surface area contributed by atoms with Crippen molar-refractivity contribution in [1.82, 2.24) is 24.6 Å². The minimum atomic E-state index is -3.95. The molecule has 3 N–H and O–H groups in total. The van der Waals surface area contributed by atoms with E-state index in [1.165, 1.54) is 31.9 Å². The molecule has 1 unspecified atom stereocenters. The van der Waals surface area contributed by atoms with Crippen LogP contribution in [0.15, 0.2) is 36.7 Å². The number of fused-ring (bicyclic) bond motifs is 1. The average molecular weight is 565 g/mol. The lowest BCUT2D eigenvalue weighted by Gasteiger charge is -2.27. The van der Waals surface area contributed by atoms with Crippen LogP contribution in [0.4, 0.5) is 10.2 Å². The molecular formula is C25H34FN6O6P. The number of aliphatic hydroxyl groups excluding tert-OH is 1. The van der Waals surface area contributed by atoms with Gasteiger partial charge in [-0.3, -0.25) is 13.9 Å². The van der Waals surface area contributed by atoms with Gasteiger partial charge < -0.3 is 24.4 Å². The molecule has 4 rings (SSSR count). The fraction of sp³-hybridized carbons (Fsp3) is 0.520. The van der Waals surface area contributed by atoms with Crippen LogP contribution in [-0.2, 0) is 18.8 Å². The number of aliphatic hydroxyl groups is 1. The van der Waals surface area contributed by atoms with E-state index in [1.807, 2.05) is 6.92 Å².